The van der Waals surface area contributed by atoms with Crippen molar-refractivity contribution in [2.45, 2.75) is 19.3 Å². The zero-order valence-corrected chi connectivity index (χ0v) is 11.0. The summed E-state index contributed by atoms with van der Waals surface area (Å²) in [7, 11) is 0. The number of hydrogen-bond acceptors (Lipinski definition) is 3. The molecule has 2 aliphatic rings. The Balaban J connectivity index is 1.48. The summed E-state index contributed by atoms with van der Waals surface area (Å²) in [5.74, 6) is 0. The van der Waals surface area contributed by atoms with Gasteiger partial charge in [-0.1, -0.05) is 12.1 Å². The molecule has 2 heterocycles. The number of aryl methyl sites for hydroxylation is 1. The number of nitrogens with one attached hydrogen (secondary N) is 2. The Morgan fingerprint density at radius 2 is 2.00 bits per heavy atom. The van der Waals surface area contributed by atoms with Crippen molar-refractivity contribution in [2.24, 2.45) is 0 Å². The van der Waals surface area contributed by atoms with Crippen LogP contribution in [-0.2, 0) is 12.8 Å². The molecule has 3 rings (SSSR count). The highest BCUT2D eigenvalue weighted by molar-refractivity contribution is 5.56. The molecule has 0 aromatic heterocycles. The first-order chi connectivity index (χ1) is 8.92. The van der Waals surface area contributed by atoms with Crippen molar-refractivity contribution in [1.29, 1.82) is 0 Å². The molecule has 0 atom stereocenters. The summed E-state index contributed by atoms with van der Waals surface area (Å²) >= 11 is 0. The molecule has 1 saturated heterocycles. The Morgan fingerprint density at radius 3 is 2.89 bits per heavy atom. The van der Waals surface area contributed by atoms with Gasteiger partial charge < -0.3 is 15.5 Å². The van der Waals surface area contributed by atoms with Gasteiger partial charge in [0.2, 0.25) is 0 Å². The lowest BCUT2D eigenvalue weighted by atomic mass is 10.0. The molecule has 1 aromatic rings. The van der Waals surface area contributed by atoms with E-state index in [0.29, 0.717) is 0 Å². The fraction of sp³-hybridized carbons (Fsp3) is 0.600. The largest absolute Gasteiger partial charge is 0.384 e. The maximum Gasteiger partial charge on any atom is 0.0373 e. The smallest absolute Gasteiger partial charge is 0.0373 e. The van der Waals surface area contributed by atoms with Crippen LogP contribution in [0.2, 0.25) is 0 Å². The lowest BCUT2D eigenvalue weighted by molar-refractivity contribution is 0.238. The van der Waals surface area contributed by atoms with E-state index >= 15 is 0 Å². The van der Waals surface area contributed by atoms with E-state index in [0.717, 1.165) is 19.6 Å². The highest BCUT2D eigenvalue weighted by Gasteiger charge is 2.11. The van der Waals surface area contributed by atoms with Crippen molar-refractivity contribution in [3.8, 4) is 0 Å². The summed E-state index contributed by atoms with van der Waals surface area (Å²) in [6.45, 7) is 7.10. The van der Waals surface area contributed by atoms with Gasteiger partial charge in [0.15, 0.2) is 0 Å². The molecular formula is C15H23N3. The van der Waals surface area contributed by atoms with E-state index in [-0.39, 0.29) is 0 Å². The first-order valence-electron chi connectivity index (χ1n) is 7.20. The molecule has 0 aliphatic carbocycles. The van der Waals surface area contributed by atoms with Gasteiger partial charge in [0.1, 0.15) is 0 Å². The molecular weight excluding hydrogens is 222 g/mol. The molecule has 3 nitrogen and oxygen atoms in total. The van der Waals surface area contributed by atoms with Crippen molar-refractivity contribution in [3.63, 3.8) is 0 Å². The molecule has 0 amide bonds. The summed E-state index contributed by atoms with van der Waals surface area (Å²) in [6, 6.07) is 6.94. The second-order valence-electron chi connectivity index (χ2n) is 5.36. The van der Waals surface area contributed by atoms with Crippen LogP contribution in [0.5, 0.6) is 0 Å². The monoisotopic (exact) mass is 245 g/mol. The van der Waals surface area contributed by atoms with E-state index in [1.807, 2.05) is 0 Å². The van der Waals surface area contributed by atoms with Gasteiger partial charge in [-0.25, -0.2) is 0 Å². The molecule has 0 radical (unpaired) electrons. The molecule has 1 aromatic carbocycles. The van der Waals surface area contributed by atoms with Crippen LogP contribution in [0.3, 0.4) is 0 Å². The number of benzene rings is 1. The van der Waals surface area contributed by atoms with E-state index in [4.69, 9.17) is 0 Å². The van der Waals surface area contributed by atoms with E-state index in [1.54, 1.807) is 0 Å². The first kappa shape index (κ1) is 12.0. The Labute approximate surface area is 110 Å². The number of rotatable bonds is 4. The molecule has 0 saturated carbocycles. The molecule has 18 heavy (non-hydrogen) atoms. The molecule has 1 fully saturated rings. The van der Waals surface area contributed by atoms with E-state index in [1.165, 1.54) is 55.7 Å². The van der Waals surface area contributed by atoms with Gasteiger partial charge in [0, 0.05) is 38.4 Å². The van der Waals surface area contributed by atoms with Gasteiger partial charge in [-0.2, -0.15) is 0 Å². The first-order valence-corrected chi connectivity index (χ1v) is 7.20. The van der Waals surface area contributed by atoms with Gasteiger partial charge in [-0.05, 0) is 43.0 Å². The topological polar surface area (TPSA) is 27.3 Å². The summed E-state index contributed by atoms with van der Waals surface area (Å²) in [5.41, 5.74) is 4.36. The second kappa shape index (κ2) is 5.72. The van der Waals surface area contributed by atoms with Crippen molar-refractivity contribution >= 4 is 5.69 Å². The highest BCUT2D eigenvalue weighted by Crippen LogP contribution is 2.23. The minimum atomic E-state index is 1.11. The molecule has 2 N–H and O–H groups in total. The van der Waals surface area contributed by atoms with Crippen molar-refractivity contribution in [3.05, 3.63) is 29.3 Å². The average molecular weight is 245 g/mol. The Kier molecular flexibility index (Phi) is 3.81. The summed E-state index contributed by atoms with van der Waals surface area (Å²) < 4.78 is 0. The van der Waals surface area contributed by atoms with Crippen LogP contribution < -0.4 is 10.6 Å². The van der Waals surface area contributed by atoms with Crippen LogP contribution >= 0.6 is 0 Å². The third kappa shape index (κ3) is 2.85. The number of piperazine rings is 1. The Hall–Kier alpha value is -1.06. The molecule has 0 spiro atoms. The van der Waals surface area contributed by atoms with Gasteiger partial charge in [0.25, 0.3) is 0 Å². The van der Waals surface area contributed by atoms with Crippen LogP contribution in [0.4, 0.5) is 5.69 Å². The van der Waals surface area contributed by atoms with E-state index in [9.17, 15) is 0 Å². The number of hydrogen-bond donors (Lipinski definition) is 2. The quantitative estimate of drug-likeness (QED) is 0.841. The van der Waals surface area contributed by atoms with Crippen LogP contribution in [0, 0.1) is 0 Å². The zero-order chi connectivity index (χ0) is 12.2. The van der Waals surface area contributed by atoms with Gasteiger partial charge in [0.05, 0.1) is 0 Å². The predicted molar refractivity (Wildman–Crippen MR) is 76.3 cm³/mol. The van der Waals surface area contributed by atoms with Crippen LogP contribution in [0.25, 0.3) is 0 Å². The standard InChI is InChI=1S/C15H23N3/c1(9-18-10-7-16-8-11-18)2-13-3-4-15-14(12-13)5-6-17-15/h3-4,12,16-17H,1-2,5-11H2. The maximum atomic E-state index is 3.42. The Bertz CT molecular complexity index is 397. The van der Waals surface area contributed by atoms with Crippen LogP contribution in [0.15, 0.2) is 18.2 Å². The third-order valence-electron chi connectivity index (χ3n) is 4.03. The minimum absolute atomic E-state index is 1.11. The molecule has 2 aliphatic heterocycles. The van der Waals surface area contributed by atoms with E-state index in [2.05, 4.69) is 33.7 Å². The van der Waals surface area contributed by atoms with E-state index < -0.39 is 0 Å². The second-order valence-corrected chi connectivity index (χ2v) is 5.36. The van der Waals surface area contributed by atoms with Gasteiger partial charge in [-0.3, -0.25) is 0 Å². The Morgan fingerprint density at radius 1 is 1.11 bits per heavy atom. The normalized spacial score (nSPS) is 19.6. The molecule has 0 unspecified atom stereocenters. The fourth-order valence-electron chi connectivity index (χ4n) is 2.96. The number of nitrogens with zero attached hydrogens (tertiary/aromatic N) is 1. The highest BCUT2D eigenvalue weighted by atomic mass is 15.2. The average Bonchev–Trinajstić information content (AvgIpc) is 2.87. The zero-order valence-electron chi connectivity index (χ0n) is 11.0. The van der Waals surface area contributed by atoms with Crippen molar-refractivity contribution < 1.29 is 0 Å². The maximum absolute atomic E-state index is 3.42. The summed E-state index contributed by atoms with van der Waals surface area (Å²) in [4.78, 5) is 2.57. The van der Waals surface area contributed by atoms with Crippen LogP contribution in [0.1, 0.15) is 17.5 Å². The SMILES string of the molecule is c1cc2c(cc1CCCN1CCNCC1)CCN2. The summed E-state index contributed by atoms with van der Waals surface area (Å²) in [6.07, 6.45) is 3.70. The van der Waals surface area contributed by atoms with Crippen molar-refractivity contribution in [1.82, 2.24) is 10.2 Å². The third-order valence-corrected chi connectivity index (χ3v) is 4.03. The lowest BCUT2D eigenvalue weighted by Gasteiger charge is -2.27. The fourth-order valence-corrected chi connectivity index (χ4v) is 2.96. The minimum Gasteiger partial charge on any atom is -0.384 e. The van der Waals surface area contributed by atoms with Gasteiger partial charge >= 0.3 is 0 Å². The predicted octanol–water partition coefficient (Wildman–Crippen LogP) is 1.49. The summed E-state index contributed by atoms with van der Waals surface area (Å²) in [5, 5.41) is 6.82. The lowest BCUT2D eigenvalue weighted by Crippen LogP contribution is -2.43. The van der Waals surface area contributed by atoms with Crippen LogP contribution in [-0.4, -0.2) is 44.2 Å². The van der Waals surface area contributed by atoms with Crippen molar-refractivity contribution in [2.75, 3.05) is 44.6 Å². The van der Waals surface area contributed by atoms with Gasteiger partial charge in [-0.15, -0.1) is 0 Å². The number of fused-ring (bicyclic) bond motifs is 1. The number of anilines is 1. The molecule has 0 bridgehead atoms. The molecule has 3 heteroatoms. The molecule has 98 valence electrons.